The van der Waals surface area contributed by atoms with Crippen LogP contribution in [0.25, 0.3) is 34.4 Å². The van der Waals surface area contributed by atoms with Gasteiger partial charge >= 0.3 is 0 Å². The van der Waals surface area contributed by atoms with Crippen molar-refractivity contribution in [2.24, 2.45) is 0 Å². The molecule has 0 atom stereocenters. The molecule has 0 aliphatic carbocycles. The van der Waals surface area contributed by atoms with E-state index in [4.69, 9.17) is 0 Å². The lowest BCUT2D eigenvalue weighted by Gasteiger charge is -2.20. The molecular formula is C60H58N2S2. The number of thioether (sulfide) groups is 2. The number of aryl methyl sites for hydroxylation is 2. The van der Waals surface area contributed by atoms with Gasteiger partial charge in [0.1, 0.15) is 0 Å². The summed E-state index contributed by atoms with van der Waals surface area (Å²) >= 11 is 3.91. The van der Waals surface area contributed by atoms with Crippen LogP contribution in [0.4, 0.5) is 22.7 Å². The lowest BCUT2D eigenvalue weighted by Crippen LogP contribution is -2.00. The van der Waals surface area contributed by atoms with Crippen molar-refractivity contribution in [3.05, 3.63) is 228 Å². The SMILES string of the molecule is CCCCc1ccc(Nc2ccc(C=Cc3ccc(Nc4ccc(CCCC)c(SCc5ccccc5)c4-c4ccccc4)cc3)cc2)c(-c2ccccc2)c1SCc1ccccc1. The zero-order valence-corrected chi connectivity index (χ0v) is 38.7. The lowest BCUT2D eigenvalue weighted by molar-refractivity contribution is 0.786. The van der Waals surface area contributed by atoms with Crippen LogP contribution < -0.4 is 10.6 Å². The summed E-state index contributed by atoms with van der Waals surface area (Å²) in [4.78, 5) is 2.74. The maximum absolute atomic E-state index is 3.82. The zero-order valence-electron chi connectivity index (χ0n) is 37.1. The summed E-state index contributed by atoms with van der Waals surface area (Å²) in [5, 5.41) is 7.64. The van der Waals surface area contributed by atoms with Crippen molar-refractivity contribution < 1.29 is 0 Å². The average molecular weight is 871 g/mol. The van der Waals surface area contributed by atoms with Gasteiger partial charge in [-0.05, 0) is 107 Å². The molecule has 0 unspecified atom stereocenters. The normalized spacial score (nSPS) is 11.2. The molecule has 0 aliphatic heterocycles. The molecule has 2 nitrogen and oxygen atoms in total. The molecule has 0 amide bonds. The van der Waals surface area contributed by atoms with Gasteiger partial charge in [0, 0.05) is 55.2 Å². The Balaban J connectivity index is 0.994. The third-order valence-corrected chi connectivity index (χ3v) is 14.0. The van der Waals surface area contributed by atoms with E-state index >= 15 is 0 Å². The fourth-order valence-electron chi connectivity index (χ4n) is 8.02. The van der Waals surface area contributed by atoms with Crippen molar-refractivity contribution in [2.45, 2.75) is 73.7 Å². The van der Waals surface area contributed by atoms with Crippen molar-refractivity contribution in [2.75, 3.05) is 10.6 Å². The first-order valence-corrected chi connectivity index (χ1v) is 24.8. The van der Waals surface area contributed by atoms with Gasteiger partial charge in [0.15, 0.2) is 0 Å². The molecule has 0 saturated heterocycles. The Bertz CT molecular complexity index is 2510. The van der Waals surface area contributed by atoms with Gasteiger partial charge in [-0.15, -0.1) is 23.5 Å². The van der Waals surface area contributed by atoms with E-state index in [9.17, 15) is 0 Å². The monoisotopic (exact) mass is 870 g/mol. The average Bonchev–Trinajstić information content (AvgIpc) is 3.35. The molecule has 0 saturated carbocycles. The first kappa shape index (κ1) is 44.4. The van der Waals surface area contributed by atoms with Gasteiger partial charge in [0.2, 0.25) is 0 Å². The van der Waals surface area contributed by atoms with E-state index in [-0.39, 0.29) is 0 Å². The Hall–Kier alpha value is -6.20. The smallest absolute Gasteiger partial charge is 0.0475 e. The van der Waals surface area contributed by atoms with E-state index in [0.717, 1.165) is 58.2 Å². The fraction of sp³-hybridized carbons (Fsp3) is 0.167. The Labute approximate surface area is 390 Å². The second kappa shape index (κ2) is 22.9. The summed E-state index contributed by atoms with van der Waals surface area (Å²) in [6.45, 7) is 4.55. The van der Waals surface area contributed by atoms with E-state index in [2.05, 4.69) is 231 Å². The van der Waals surface area contributed by atoms with Crippen LogP contribution in [0.5, 0.6) is 0 Å². The molecule has 8 rings (SSSR count). The summed E-state index contributed by atoms with van der Waals surface area (Å²) in [6.07, 6.45) is 11.2. The van der Waals surface area contributed by atoms with E-state index in [1.54, 1.807) is 0 Å². The van der Waals surface area contributed by atoms with E-state index in [0.29, 0.717) is 0 Å². The van der Waals surface area contributed by atoms with Crippen LogP contribution in [0.3, 0.4) is 0 Å². The zero-order chi connectivity index (χ0) is 43.8. The third kappa shape index (κ3) is 11.9. The first-order valence-electron chi connectivity index (χ1n) is 22.8. The van der Waals surface area contributed by atoms with Gasteiger partial charge < -0.3 is 10.6 Å². The summed E-state index contributed by atoms with van der Waals surface area (Å²) in [7, 11) is 0. The standard InChI is InChI=1S/C60H58N2S2/c1-3-5-23-51-35-41-55(57(49-25-15-9-16-26-49)59(51)63-43-47-19-11-7-12-20-47)61-53-37-31-45(32-38-53)29-30-46-33-39-54(40-34-46)62-56-42-36-52(24-6-4-2)60(58(56)50-27-17-10-18-28-50)64-44-48-21-13-8-14-22-48/h7-22,25-42,61-62H,3-6,23-24,43-44H2,1-2H3. The number of benzene rings is 8. The van der Waals surface area contributed by atoms with Gasteiger partial charge in [0.05, 0.1) is 0 Å². The maximum Gasteiger partial charge on any atom is 0.0475 e. The van der Waals surface area contributed by atoms with Crippen LogP contribution in [0.1, 0.15) is 72.9 Å². The molecule has 2 N–H and O–H groups in total. The van der Waals surface area contributed by atoms with Crippen LogP contribution in [0, 0.1) is 0 Å². The van der Waals surface area contributed by atoms with Gasteiger partial charge in [-0.25, -0.2) is 0 Å². The number of hydrogen-bond donors (Lipinski definition) is 2. The molecule has 64 heavy (non-hydrogen) atoms. The molecule has 320 valence electrons. The van der Waals surface area contributed by atoms with Crippen molar-refractivity contribution in [3.63, 3.8) is 0 Å². The third-order valence-electron chi connectivity index (χ3n) is 11.5. The van der Waals surface area contributed by atoms with Gasteiger partial charge in [0.25, 0.3) is 0 Å². The minimum atomic E-state index is 0.932. The van der Waals surface area contributed by atoms with Crippen molar-refractivity contribution in [3.8, 4) is 22.3 Å². The predicted octanol–water partition coefficient (Wildman–Crippen LogP) is 17.9. The quantitative estimate of drug-likeness (QED) is 0.0589. The molecule has 0 aliphatic rings. The molecule has 4 heteroatoms. The Kier molecular flexibility index (Phi) is 15.9. The fourth-order valence-corrected chi connectivity index (χ4v) is 10.5. The molecule has 0 bridgehead atoms. The van der Waals surface area contributed by atoms with Crippen LogP contribution >= 0.6 is 23.5 Å². The van der Waals surface area contributed by atoms with Crippen LogP contribution in [0.2, 0.25) is 0 Å². The molecule has 0 aromatic heterocycles. The number of anilines is 4. The van der Waals surface area contributed by atoms with Gasteiger partial charge in [-0.3, -0.25) is 0 Å². The topological polar surface area (TPSA) is 24.1 Å². The van der Waals surface area contributed by atoms with Crippen molar-refractivity contribution >= 4 is 58.4 Å². The molecule has 0 spiro atoms. The summed E-state index contributed by atoms with van der Waals surface area (Å²) in [5.74, 6) is 1.86. The molecule has 8 aromatic rings. The summed E-state index contributed by atoms with van der Waals surface area (Å²) in [5.41, 5.74) is 17.3. The largest absolute Gasteiger partial charge is 0.355 e. The highest BCUT2D eigenvalue weighted by atomic mass is 32.2. The number of rotatable bonds is 20. The van der Waals surface area contributed by atoms with Crippen LogP contribution in [-0.2, 0) is 24.3 Å². The van der Waals surface area contributed by atoms with E-state index < -0.39 is 0 Å². The second-order valence-electron chi connectivity index (χ2n) is 16.3. The molecule has 0 fully saturated rings. The van der Waals surface area contributed by atoms with E-state index in [1.165, 1.54) is 80.0 Å². The Morgan fingerprint density at radius 2 is 0.750 bits per heavy atom. The highest BCUT2D eigenvalue weighted by Gasteiger charge is 2.18. The number of unbranched alkanes of at least 4 members (excludes halogenated alkanes) is 2. The highest BCUT2D eigenvalue weighted by molar-refractivity contribution is 7.99. The van der Waals surface area contributed by atoms with Crippen LogP contribution in [-0.4, -0.2) is 0 Å². The molecule has 8 aromatic carbocycles. The minimum Gasteiger partial charge on any atom is -0.355 e. The van der Waals surface area contributed by atoms with Crippen molar-refractivity contribution in [1.29, 1.82) is 0 Å². The van der Waals surface area contributed by atoms with Gasteiger partial charge in [-0.1, -0.05) is 197 Å². The Morgan fingerprint density at radius 1 is 0.391 bits per heavy atom. The summed E-state index contributed by atoms with van der Waals surface area (Å²) in [6, 6.07) is 70.1. The van der Waals surface area contributed by atoms with E-state index in [1.807, 2.05) is 23.5 Å². The van der Waals surface area contributed by atoms with Gasteiger partial charge in [-0.2, -0.15) is 0 Å². The minimum absolute atomic E-state index is 0.932. The predicted molar refractivity (Wildman–Crippen MR) is 281 cm³/mol. The highest BCUT2D eigenvalue weighted by Crippen LogP contribution is 2.44. The first-order chi connectivity index (χ1) is 31.6. The lowest BCUT2D eigenvalue weighted by atomic mass is 9.98. The van der Waals surface area contributed by atoms with Crippen LogP contribution in [0.15, 0.2) is 204 Å². The summed E-state index contributed by atoms with van der Waals surface area (Å²) < 4.78 is 0. The number of nitrogens with one attached hydrogen (secondary N) is 2. The second-order valence-corrected chi connectivity index (χ2v) is 18.2. The van der Waals surface area contributed by atoms with Crippen molar-refractivity contribution in [1.82, 2.24) is 0 Å². The number of hydrogen-bond acceptors (Lipinski definition) is 4. The Morgan fingerprint density at radius 3 is 1.11 bits per heavy atom. The molecule has 0 heterocycles. The maximum atomic E-state index is 3.82. The molecule has 0 radical (unpaired) electrons. The molecular weight excluding hydrogens is 813 g/mol.